The zero-order valence-electron chi connectivity index (χ0n) is 12.1. The van der Waals surface area contributed by atoms with Gasteiger partial charge < -0.3 is 20.4 Å². The Morgan fingerprint density at radius 1 is 0.350 bits per heavy atom. The summed E-state index contributed by atoms with van der Waals surface area (Å²) in [4.78, 5) is 0. The van der Waals surface area contributed by atoms with E-state index in [0.29, 0.717) is 23.7 Å². The molecule has 0 aromatic heterocycles. The summed E-state index contributed by atoms with van der Waals surface area (Å²) >= 11 is 0. The van der Waals surface area contributed by atoms with E-state index in [1.807, 2.05) is 0 Å². The van der Waals surface area contributed by atoms with E-state index in [1.165, 1.54) is 0 Å². The molecule has 0 atom stereocenters. The standard InChI is InChI=1S/2C8H14O2/c2*9-7-1-5-2-8(10)4-6(5)3-7/h2*5-10H,1-4H2. The number of hydrogen-bond donors (Lipinski definition) is 4. The van der Waals surface area contributed by atoms with E-state index in [0.717, 1.165) is 51.4 Å². The SMILES string of the molecule is OC1CC2CC(O)CC2C1.OC1CC2CC(O)CC2C1. The van der Waals surface area contributed by atoms with Gasteiger partial charge in [-0.1, -0.05) is 0 Å². The van der Waals surface area contributed by atoms with Gasteiger partial charge in [0.2, 0.25) is 0 Å². The van der Waals surface area contributed by atoms with Crippen molar-refractivity contribution in [2.75, 3.05) is 0 Å². The summed E-state index contributed by atoms with van der Waals surface area (Å²) in [6, 6.07) is 0. The first-order valence-corrected chi connectivity index (χ1v) is 8.23. The van der Waals surface area contributed by atoms with Crippen molar-refractivity contribution in [1.82, 2.24) is 0 Å². The second-order valence-corrected chi connectivity index (χ2v) is 7.54. The minimum absolute atomic E-state index is 0.0671. The van der Waals surface area contributed by atoms with E-state index in [1.54, 1.807) is 0 Å². The Morgan fingerprint density at radius 2 is 0.500 bits per heavy atom. The maximum Gasteiger partial charge on any atom is 0.0545 e. The van der Waals surface area contributed by atoms with Crippen LogP contribution in [0.25, 0.3) is 0 Å². The van der Waals surface area contributed by atoms with Crippen LogP contribution in [0.4, 0.5) is 0 Å². The summed E-state index contributed by atoms with van der Waals surface area (Å²) in [6.45, 7) is 0. The van der Waals surface area contributed by atoms with Crippen LogP contribution < -0.4 is 0 Å². The Morgan fingerprint density at radius 3 is 0.650 bits per heavy atom. The lowest BCUT2D eigenvalue weighted by Gasteiger charge is -2.04. The molecule has 4 N–H and O–H groups in total. The Bertz CT molecular complexity index is 246. The largest absolute Gasteiger partial charge is 0.393 e. The van der Waals surface area contributed by atoms with Crippen molar-refractivity contribution in [1.29, 1.82) is 0 Å². The van der Waals surface area contributed by atoms with Gasteiger partial charge >= 0.3 is 0 Å². The summed E-state index contributed by atoms with van der Waals surface area (Å²) in [6.07, 6.45) is 7.19. The highest BCUT2D eigenvalue weighted by Crippen LogP contribution is 2.44. The lowest BCUT2D eigenvalue weighted by atomic mass is 10.0. The molecule has 0 unspecified atom stereocenters. The van der Waals surface area contributed by atoms with E-state index in [-0.39, 0.29) is 24.4 Å². The molecule has 0 amide bonds. The third-order valence-electron chi connectivity index (χ3n) is 5.93. The first-order chi connectivity index (χ1) is 9.51. The lowest BCUT2D eigenvalue weighted by Crippen LogP contribution is -2.06. The minimum atomic E-state index is -0.0671. The van der Waals surface area contributed by atoms with Crippen LogP contribution in [0.3, 0.4) is 0 Å². The molecule has 0 aliphatic heterocycles. The Hall–Kier alpha value is -0.160. The second kappa shape index (κ2) is 5.91. The monoisotopic (exact) mass is 284 g/mol. The van der Waals surface area contributed by atoms with Gasteiger partial charge in [-0.15, -0.1) is 0 Å². The third kappa shape index (κ3) is 3.19. The molecule has 0 radical (unpaired) electrons. The maximum atomic E-state index is 9.24. The van der Waals surface area contributed by atoms with Gasteiger partial charge in [0, 0.05) is 0 Å². The smallest absolute Gasteiger partial charge is 0.0545 e. The lowest BCUT2D eigenvalue weighted by molar-refractivity contribution is 0.138. The molecular weight excluding hydrogens is 256 g/mol. The Balaban J connectivity index is 0.000000121. The second-order valence-electron chi connectivity index (χ2n) is 7.54. The highest BCUT2D eigenvalue weighted by molar-refractivity contribution is 4.92. The topological polar surface area (TPSA) is 80.9 Å². The highest BCUT2D eigenvalue weighted by Gasteiger charge is 2.41. The quantitative estimate of drug-likeness (QED) is 0.536. The summed E-state index contributed by atoms with van der Waals surface area (Å²) in [5, 5.41) is 37.0. The molecule has 4 aliphatic rings. The number of aliphatic hydroxyl groups is 4. The van der Waals surface area contributed by atoms with E-state index in [9.17, 15) is 20.4 Å². The normalized spacial score (nSPS) is 53.4. The van der Waals surface area contributed by atoms with Gasteiger partial charge in [0.15, 0.2) is 0 Å². The predicted molar refractivity (Wildman–Crippen MR) is 74.9 cm³/mol. The first kappa shape index (κ1) is 14.8. The van der Waals surface area contributed by atoms with Crippen LogP contribution in [0.2, 0.25) is 0 Å². The van der Waals surface area contributed by atoms with Gasteiger partial charge in [-0.3, -0.25) is 0 Å². The molecule has 0 heterocycles. The van der Waals surface area contributed by atoms with Crippen molar-refractivity contribution < 1.29 is 20.4 Å². The fourth-order valence-electron chi connectivity index (χ4n) is 5.11. The molecule has 4 saturated carbocycles. The average Bonchev–Trinajstić information content (AvgIpc) is 2.98. The third-order valence-corrected chi connectivity index (χ3v) is 5.93. The van der Waals surface area contributed by atoms with Gasteiger partial charge in [-0.2, -0.15) is 0 Å². The van der Waals surface area contributed by atoms with E-state index >= 15 is 0 Å². The molecule has 116 valence electrons. The number of aliphatic hydroxyl groups excluding tert-OH is 4. The van der Waals surface area contributed by atoms with Gasteiger partial charge in [-0.25, -0.2) is 0 Å². The number of fused-ring (bicyclic) bond motifs is 2. The zero-order valence-corrected chi connectivity index (χ0v) is 12.1. The molecular formula is C16H28O4. The minimum Gasteiger partial charge on any atom is -0.393 e. The molecule has 0 saturated heterocycles. The molecule has 4 aliphatic carbocycles. The van der Waals surface area contributed by atoms with Gasteiger partial charge in [-0.05, 0) is 75.0 Å². The first-order valence-electron chi connectivity index (χ1n) is 8.23. The fourth-order valence-corrected chi connectivity index (χ4v) is 5.11. The van der Waals surface area contributed by atoms with Crippen LogP contribution >= 0.6 is 0 Å². The van der Waals surface area contributed by atoms with Crippen LogP contribution in [0.15, 0.2) is 0 Å². The number of hydrogen-bond acceptors (Lipinski definition) is 4. The Kier molecular flexibility index (Phi) is 4.37. The molecule has 20 heavy (non-hydrogen) atoms. The average molecular weight is 284 g/mol. The predicted octanol–water partition coefficient (Wildman–Crippen LogP) is 1.06. The van der Waals surface area contributed by atoms with Crippen molar-refractivity contribution in [2.24, 2.45) is 23.7 Å². The van der Waals surface area contributed by atoms with Crippen LogP contribution in [-0.4, -0.2) is 44.8 Å². The van der Waals surface area contributed by atoms with Gasteiger partial charge in [0.05, 0.1) is 24.4 Å². The maximum absolute atomic E-state index is 9.24. The van der Waals surface area contributed by atoms with E-state index in [4.69, 9.17) is 0 Å². The highest BCUT2D eigenvalue weighted by atomic mass is 16.3. The van der Waals surface area contributed by atoms with Gasteiger partial charge in [0.1, 0.15) is 0 Å². The van der Waals surface area contributed by atoms with Crippen LogP contribution in [0, 0.1) is 23.7 Å². The molecule has 0 aromatic carbocycles. The van der Waals surface area contributed by atoms with Crippen molar-refractivity contribution in [3.63, 3.8) is 0 Å². The van der Waals surface area contributed by atoms with E-state index in [2.05, 4.69) is 0 Å². The molecule has 0 spiro atoms. The van der Waals surface area contributed by atoms with Gasteiger partial charge in [0.25, 0.3) is 0 Å². The number of rotatable bonds is 0. The van der Waals surface area contributed by atoms with Crippen LogP contribution in [0.5, 0.6) is 0 Å². The van der Waals surface area contributed by atoms with E-state index < -0.39 is 0 Å². The summed E-state index contributed by atoms with van der Waals surface area (Å²) in [5.74, 6) is 2.52. The Labute approximate surface area is 120 Å². The fraction of sp³-hybridized carbons (Fsp3) is 1.00. The van der Waals surface area contributed by atoms with Crippen molar-refractivity contribution in [3.05, 3.63) is 0 Å². The zero-order chi connectivity index (χ0) is 14.3. The molecule has 0 bridgehead atoms. The summed E-state index contributed by atoms with van der Waals surface area (Å²) in [7, 11) is 0. The van der Waals surface area contributed by atoms with Crippen molar-refractivity contribution >= 4 is 0 Å². The molecule has 4 rings (SSSR count). The van der Waals surface area contributed by atoms with Crippen LogP contribution in [0.1, 0.15) is 51.4 Å². The summed E-state index contributed by atoms with van der Waals surface area (Å²) in [5.41, 5.74) is 0. The van der Waals surface area contributed by atoms with Crippen molar-refractivity contribution in [3.8, 4) is 0 Å². The van der Waals surface area contributed by atoms with Crippen LogP contribution in [-0.2, 0) is 0 Å². The molecule has 4 heteroatoms. The summed E-state index contributed by atoms with van der Waals surface area (Å²) < 4.78 is 0. The molecule has 4 fully saturated rings. The molecule has 4 nitrogen and oxygen atoms in total. The van der Waals surface area contributed by atoms with Crippen molar-refractivity contribution in [2.45, 2.75) is 75.8 Å². The molecule has 0 aromatic rings.